The number of aliphatic hydroxyl groups is 4. The maximum Gasteiger partial charge on any atom is 0.127 e. The Morgan fingerprint density at radius 2 is 1.64 bits per heavy atom. The van der Waals surface area contributed by atoms with Gasteiger partial charge in [0.05, 0.1) is 12.7 Å². The van der Waals surface area contributed by atoms with Gasteiger partial charge >= 0.3 is 0 Å². The van der Waals surface area contributed by atoms with Gasteiger partial charge in [-0.1, -0.05) is 42.8 Å². The van der Waals surface area contributed by atoms with Gasteiger partial charge in [-0.25, -0.2) is 0 Å². The Morgan fingerprint density at radius 3 is 2.27 bits per heavy atom. The van der Waals surface area contributed by atoms with Crippen molar-refractivity contribution < 1.29 is 29.9 Å². The lowest BCUT2D eigenvalue weighted by atomic mass is 9.89. The maximum absolute atomic E-state index is 10.8. The Hall–Kier alpha value is -1.67. The molecule has 2 aromatic carbocycles. The monoisotopic (exact) mass is 476 g/mol. The molecule has 0 spiro atoms. The quantitative estimate of drug-likeness (QED) is 0.489. The number of rotatable bonds is 7. The molecule has 1 heterocycles. The van der Waals surface area contributed by atoms with Crippen LogP contribution in [-0.4, -0.2) is 57.6 Å². The summed E-state index contributed by atoms with van der Waals surface area (Å²) in [5.41, 5.74) is 3.75. The maximum atomic E-state index is 10.8. The summed E-state index contributed by atoms with van der Waals surface area (Å²) in [5, 5.41) is 41.5. The zero-order valence-corrected chi connectivity index (χ0v) is 19.6. The second-order valence-electron chi connectivity index (χ2n) is 9.10. The third kappa shape index (κ3) is 5.37. The van der Waals surface area contributed by atoms with E-state index >= 15 is 0 Å². The fourth-order valence-electron chi connectivity index (χ4n) is 4.74. The molecule has 0 bridgehead atoms. The lowest BCUT2D eigenvalue weighted by Crippen LogP contribution is -2.55. The molecular weight excluding hydrogens is 444 g/mol. The summed E-state index contributed by atoms with van der Waals surface area (Å²) < 4.78 is 12.1. The van der Waals surface area contributed by atoms with E-state index in [-0.39, 0.29) is 6.10 Å². The molecule has 33 heavy (non-hydrogen) atoms. The van der Waals surface area contributed by atoms with Crippen LogP contribution in [0.2, 0.25) is 5.02 Å². The molecule has 7 heteroatoms. The Morgan fingerprint density at radius 1 is 0.970 bits per heavy atom. The van der Waals surface area contributed by atoms with E-state index < -0.39 is 37.1 Å². The molecule has 2 aliphatic rings. The first-order valence-electron chi connectivity index (χ1n) is 11.8. The SMILES string of the molecule is CCc1ccc(Cc2cc([C@@H]3O[C@H](CO)[C@@H](O)[C@H](O)[C@H]3O)c(OC3CCCC3)cc2Cl)cc1. The molecule has 2 fully saturated rings. The number of aryl methyl sites for hydroxylation is 1. The van der Waals surface area contributed by atoms with Crippen LogP contribution in [0.15, 0.2) is 36.4 Å². The van der Waals surface area contributed by atoms with Gasteiger partial charge in [-0.3, -0.25) is 0 Å². The van der Waals surface area contributed by atoms with Crippen molar-refractivity contribution >= 4 is 11.6 Å². The van der Waals surface area contributed by atoms with Crippen molar-refractivity contribution in [3.8, 4) is 5.75 Å². The fourth-order valence-corrected chi connectivity index (χ4v) is 4.96. The Labute approximate surface area is 199 Å². The number of aliphatic hydroxyl groups excluding tert-OH is 4. The zero-order valence-electron chi connectivity index (χ0n) is 18.9. The average molecular weight is 477 g/mol. The van der Waals surface area contributed by atoms with E-state index in [2.05, 4.69) is 31.2 Å². The molecule has 1 aliphatic heterocycles. The van der Waals surface area contributed by atoms with E-state index in [1.165, 1.54) is 5.56 Å². The highest BCUT2D eigenvalue weighted by molar-refractivity contribution is 6.31. The highest BCUT2D eigenvalue weighted by Gasteiger charge is 2.45. The molecule has 180 valence electrons. The highest BCUT2D eigenvalue weighted by Crippen LogP contribution is 2.41. The summed E-state index contributed by atoms with van der Waals surface area (Å²) in [6, 6.07) is 12.0. The summed E-state index contributed by atoms with van der Waals surface area (Å²) in [4.78, 5) is 0. The molecule has 1 saturated carbocycles. The largest absolute Gasteiger partial charge is 0.490 e. The molecule has 0 aromatic heterocycles. The molecule has 1 saturated heterocycles. The van der Waals surface area contributed by atoms with Crippen LogP contribution < -0.4 is 4.74 Å². The Kier molecular flexibility index (Phi) is 7.95. The van der Waals surface area contributed by atoms with Crippen molar-refractivity contribution in [3.63, 3.8) is 0 Å². The van der Waals surface area contributed by atoms with Gasteiger partial charge in [0, 0.05) is 10.6 Å². The van der Waals surface area contributed by atoms with Gasteiger partial charge in [-0.15, -0.1) is 0 Å². The van der Waals surface area contributed by atoms with Crippen LogP contribution in [0.25, 0.3) is 0 Å². The first-order valence-corrected chi connectivity index (χ1v) is 12.2. The predicted molar refractivity (Wildman–Crippen MR) is 126 cm³/mol. The van der Waals surface area contributed by atoms with Crippen LogP contribution in [-0.2, 0) is 17.6 Å². The molecular formula is C26H33ClO6. The summed E-state index contributed by atoms with van der Waals surface area (Å²) in [5.74, 6) is 0.501. The normalized spacial score (nSPS) is 28.2. The van der Waals surface area contributed by atoms with E-state index in [0.29, 0.717) is 22.8 Å². The topological polar surface area (TPSA) is 99.4 Å². The van der Waals surface area contributed by atoms with Gasteiger partial charge in [0.1, 0.15) is 36.3 Å². The standard InChI is InChI=1S/C26H33ClO6/c1-2-15-7-9-16(10-8-15)11-17-12-19(21(13-20(17)27)32-18-5-3-4-6-18)26-25(31)24(30)23(29)22(14-28)33-26/h7-10,12-13,18,22-26,28-31H,2-6,11,14H2,1H3/t22-,23-,24+,25-,26+/m1/s1. The van der Waals surface area contributed by atoms with Gasteiger partial charge < -0.3 is 29.9 Å². The van der Waals surface area contributed by atoms with Crippen LogP contribution in [0.1, 0.15) is 61.0 Å². The Balaban J connectivity index is 1.70. The van der Waals surface area contributed by atoms with Gasteiger partial charge in [0.25, 0.3) is 0 Å². The molecule has 1 aliphatic carbocycles. The number of ether oxygens (including phenoxy) is 2. The van der Waals surface area contributed by atoms with Crippen LogP contribution in [0.4, 0.5) is 0 Å². The molecule has 2 aromatic rings. The van der Waals surface area contributed by atoms with E-state index in [1.54, 1.807) is 6.07 Å². The van der Waals surface area contributed by atoms with Crippen molar-refractivity contribution in [2.75, 3.05) is 6.61 Å². The minimum absolute atomic E-state index is 0.0529. The summed E-state index contributed by atoms with van der Waals surface area (Å²) in [7, 11) is 0. The lowest BCUT2D eigenvalue weighted by molar-refractivity contribution is -0.232. The third-order valence-corrected chi connectivity index (χ3v) is 7.15. The number of hydrogen-bond donors (Lipinski definition) is 4. The van der Waals surface area contributed by atoms with Crippen molar-refractivity contribution in [3.05, 3.63) is 63.7 Å². The first-order chi connectivity index (χ1) is 15.9. The fraction of sp³-hybridized carbons (Fsp3) is 0.538. The summed E-state index contributed by atoms with van der Waals surface area (Å²) in [6.07, 6.45) is -0.543. The third-order valence-electron chi connectivity index (χ3n) is 6.80. The van der Waals surface area contributed by atoms with E-state index in [0.717, 1.165) is 43.2 Å². The average Bonchev–Trinajstić information content (AvgIpc) is 3.33. The molecule has 4 N–H and O–H groups in total. The van der Waals surface area contributed by atoms with Gasteiger partial charge in [0.15, 0.2) is 0 Å². The second-order valence-corrected chi connectivity index (χ2v) is 9.51. The number of hydrogen-bond acceptors (Lipinski definition) is 6. The molecule has 0 amide bonds. The highest BCUT2D eigenvalue weighted by atomic mass is 35.5. The van der Waals surface area contributed by atoms with Crippen LogP contribution in [0.5, 0.6) is 5.75 Å². The van der Waals surface area contributed by atoms with Crippen LogP contribution in [0, 0.1) is 0 Å². The molecule has 6 nitrogen and oxygen atoms in total. The van der Waals surface area contributed by atoms with Crippen molar-refractivity contribution in [1.29, 1.82) is 0 Å². The van der Waals surface area contributed by atoms with Gasteiger partial charge in [0.2, 0.25) is 0 Å². The van der Waals surface area contributed by atoms with E-state index in [9.17, 15) is 20.4 Å². The Bertz CT molecular complexity index is 925. The van der Waals surface area contributed by atoms with Crippen molar-refractivity contribution in [2.45, 2.75) is 82.1 Å². The first kappa shape index (κ1) is 24.5. The summed E-state index contributed by atoms with van der Waals surface area (Å²) >= 11 is 6.67. The second kappa shape index (κ2) is 10.7. The predicted octanol–water partition coefficient (Wildman–Crippen LogP) is 3.33. The number of halogens is 1. The van der Waals surface area contributed by atoms with E-state index in [1.807, 2.05) is 6.07 Å². The smallest absolute Gasteiger partial charge is 0.127 e. The van der Waals surface area contributed by atoms with Crippen molar-refractivity contribution in [1.82, 2.24) is 0 Å². The number of benzene rings is 2. The molecule has 5 atom stereocenters. The minimum atomic E-state index is -1.46. The van der Waals surface area contributed by atoms with Crippen molar-refractivity contribution in [2.24, 2.45) is 0 Å². The summed E-state index contributed by atoms with van der Waals surface area (Å²) in [6.45, 7) is 1.63. The van der Waals surface area contributed by atoms with Gasteiger partial charge in [-0.2, -0.15) is 0 Å². The lowest BCUT2D eigenvalue weighted by Gasteiger charge is -2.40. The van der Waals surface area contributed by atoms with Crippen LogP contribution in [0.3, 0.4) is 0 Å². The molecule has 4 rings (SSSR count). The van der Waals surface area contributed by atoms with Gasteiger partial charge in [-0.05, 0) is 67.3 Å². The molecule has 0 radical (unpaired) electrons. The minimum Gasteiger partial charge on any atom is -0.490 e. The van der Waals surface area contributed by atoms with E-state index in [4.69, 9.17) is 21.1 Å². The zero-order chi connectivity index (χ0) is 23.5. The van der Waals surface area contributed by atoms with Crippen LogP contribution >= 0.6 is 11.6 Å². The molecule has 0 unspecified atom stereocenters.